The van der Waals surface area contributed by atoms with Crippen molar-refractivity contribution < 1.29 is 4.74 Å². The van der Waals surface area contributed by atoms with Crippen molar-refractivity contribution in [3.8, 4) is 5.75 Å². The van der Waals surface area contributed by atoms with Gasteiger partial charge in [0.15, 0.2) is 0 Å². The molecular formula is C10H9Cl3O. The lowest BCUT2D eigenvalue weighted by Crippen LogP contribution is -2.34. The lowest BCUT2D eigenvalue weighted by Gasteiger charge is -2.30. The highest BCUT2D eigenvalue weighted by Gasteiger charge is 2.36. The zero-order valence-electron chi connectivity index (χ0n) is 7.34. The first-order chi connectivity index (χ1) is 6.57. The Bertz CT molecular complexity index is 332. The first-order valence-electron chi connectivity index (χ1n) is 4.38. The molecule has 1 unspecified atom stereocenters. The Labute approximate surface area is 97.9 Å². The Morgan fingerprint density at radius 1 is 1.21 bits per heavy atom. The molecule has 1 aromatic carbocycles. The number of hydrogen-bond donors (Lipinski definition) is 0. The van der Waals surface area contributed by atoms with E-state index in [-0.39, 0.29) is 6.10 Å². The van der Waals surface area contributed by atoms with Crippen LogP contribution in [0.15, 0.2) is 24.3 Å². The molecule has 0 saturated carbocycles. The van der Waals surface area contributed by atoms with Crippen molar-refractivity contribution >= 4 is 34.8 Å². The van der Waals surface area contributed by atoms with Crippen LogP contribution in [0.4, 0.5) is 0 Å². The van der Waals surface area contributed by atoms with Crippen LogP contribution < -0.4 is 4.74 Å². The summed E-state index contributed by atoms with van der Waals surface area (Å²) < 4.78 is 4.26. The lowest BCUT2D eigenvalue weighted by molar-refractivity contribution is 0.177. The molecule has 0 N–H and O–H groups in total. The molecule has 1 heterocycles. The molecule has 14 heavy (non-hydrogen) atoms. The fourth-order valence-corrected chi connectivity index (χ4v) is 2.02. The van der Waals surface area contributed by atoms with Gasteiger partial charge in [0.2, 0.25) is 3.79 Å². The highest BCUT2D eigenvalue weighted by Crippen LogP contribution is 2.39. The average Bonchev–Trinajstić information content (AvgIpc) is 2.16. The molecule has 0 spiro atoms. The number of ether oxygens (including phenoxy) is 1. The third-order valence-corrected chi connectivity index (χ3v) is 3.01. The summed E-state index contributed by atoms with van der Waals surface area (Å²) in [6.07, 6.45) is 1.30. The maximum absolute atomic E-state index is 5.78. The molecule has 0 radical (unpaired) electrons. The number of fused-ring (bicyclic) bond motifs is 1. The van der Waals surface area contributed by atoms with E-state index in [0.29, 0.717) is 0 Å². The fourth-order valence-electron chi connectivity index (χ4n) is 1.55. The van der Waals surface area contributed by atoms with E-state index in [4.69, 9.17) is 39.5 Å². The average molecular weight is 252 g/mol. The third-order valence-electron chi connectivity index (χ3n) is 2.28. The highest BCUT2D eigenvalue weighted by molar-refractivity contribution is 6.68. The Hall–Kier alpha value is -0.110. The molecule has 1 nitrogen and oxygen atoms in total. The Kier molecular flexibility index (Phi) is 2.83. The Morgan fingerprint density at radius 3 is 2.64 bits per heavy atom. The first kappa shape index (κ1) is 10.4. The van der Waals surface area contributed by atoms with Gasteiger partial charge in [-0.15, -0.1) is 0 Å². The summed E-state index contributed by atoms with van der Waals surface area (Å²) >= 11 is 17.4. The minimum absolute atomic E-state index is 0.345. The summed E-state index contributed by atoms with van der Waals surface area (Å²) in [4.78, 5) is 0. The van der Waals surface area contributed by atoms with Crippen molar-refractivity contribution in [3.05, 3.63) is 29.8 Å². The van der Waals surface area contributed by atoms with Gasteiger partial charge in [0.1, 0.15) is 11.9 Å². The van der Waals surface area contributed by atoms with Crippen LogP contribution in [0.1, 0.15) is 12.0 Å². The molecule has 0 bridgehead atoms. The minimum atomic E-state index is -1.34. The van der Waals surface area contributed by atoms with Crippen molar-refractivity contribution in [2.45, 2.75) is 22.7 Å². The maximum atomic E-state index is 5.78. The highest BCUT2D eigenvalue weighted by atomic mass is 35.6. The molecular weight excluding hydrogens is 242 g/mol. The van der Waals surface area contributed by atoms with Gasteiger partial charge >= 0.3 is 0 Å². The van der Waals surface area contributed by atoms with E-state index in [0.717, 1.165) is 18.6 Å². The van der Waals surface area contributed by atoms with Crippen LogP contribution in [0.3, 0.4) is 0 Å². The van der Waals surface area contributed by atoms with Gasteiger partial charge in [-0.05, 0) is 24.5 Å². The van der Waals surface area contributed by atoms with Gasteiger partial charge in [-0.3, -0.25) is 0 Å². The number of alkyl halides is 3. The standard InChI is InChI=1S/C10H9Cl3O/c11-10(12,13)9-6-5-7-3-1-2-4-8(7)14-9/h1-4,9H,5-6H2. The number of benzene rings is 1. The summed E-state index contributed by atoms with van der Waals surface area (Å²) in [5.41, 5.74) is 1.18. The molecule has 1 atom stereocenters. The topological polar surface area (TPSA) is 9.23 Å². The molecule has 76 valence electrons. The summed E-state index contributed by atoms with van der Waals surface area (Å²) in [5.74, 6) is 0.829. The normalized spacial score (nSPS) is 21.2. The van der Waals surface area contributed by atoms with Crippen LogP contribution >= 0.6 is 34.8 Å². The summed E-state index contributed by atoms with van der Waals surface area (Å²) in [6, 6.07) is 7.83. The molecule has 0 saturated heterocycles. The van der Waals surface area contributed by atoms with Crippen LogP contribution in [-0.4, -0.2) is 9.90 Å². The van der Waals surface area contributed by atoms with E-state index in [1.807, 2.05) is 24.3 Å². The van der Waals surface area contributed by atoms with Gasteiger partial charge in [0.25, 0.3) is 0 Å². The molecule has 0 aromatic heterocycles. The fraction of sp³-hybridized carbons (Fsp3) is 0.400. The van der Waals surface area contributed by atoms with Gasteiger partial charge in [0.05, 0.1) is 0 Å². The second-order valence-corrected chi connectivity index (χ2v) is 5.66. The van der Waals surface area contributed by atoms with Crippen molar-refractivity contribution in [1.29, 1.82) is 0 Å². The van der Waals surface area contributed by atoms with E-state index in [1.54, 1.807) is 0 Å². The lowest BCUT2D eigenvalue weighted by atomic mass is 10.0. The SMILES string of the molecule is ClC(Cl)(Cl)C1CCc2ccccc2O1. The summed E-state index contributed by atoms with van der Waals surface area (Å²) in [7, 11) is 0. The van der Waals surface area contributed by atoms with Gasteiger partial charge in [-0.25, -0.2) is 0 Å². The van der Waals surface area contributed by atoms with Gasteiger partial charge < -0.3 is 4.74 Å². The Morgan fingerprint density at radius 2 is 1.93 bits per heavy atom. The monoisotopic (exact) mass is 250 g/mol. The summed E-state index contributed by atoms with van der Waals surface area (Å²) in [6.45, 7) is 0. The maximum Gasteiger partial charge on any atom is 0.226 e. The molecule has 0 amide bonds. The third kappa shape index (κ3) is 2.10. The van der Waals surface area contributed by atoms with E-state index < -0.39 is 3.79 Å². The van der Waals surface area contributed by atoms with Crippen LogP contribution in [0.5, 0.6) is 5.75 Å². The molecule has 4 heteroatoms. The van der Waals surface area contributed by atoms with Crippen molar-refractivity contribution in [3.63, 3.8) is 0 Å². The number of hydrogen-bond acceptors (Lipinski definition) is 1. The number of aryl methyl sites for hydroxylation is 1. The van der Waals surface area contributed by atoms with Gasteiger partial charge in [-0.1, -0.05) is 53.0 Å². The second-order valence-electron chi connectivity index (χ2n) is 3.29. The van der Waals surface area contributed by atoms with Gasteiger partial charge in [-0.2, -0.15) is 0 Å². The molecule has 2 rings (SSSR count). The molecule has 0 fully saturated rings. The number of halogens is 3. The largest absolute Gasteiger partial charge is 0.486 e. The predicted molar refractivity (Wildman–Crippen MR) is 59.5 cm³/mol. The number of para-hydroxylation sites is 1. The van der Waals surface area contributed by atoms with Crippen LogP contribution in [-0.2, 0) is 6.42 Å². The van der Waals surface area contributed by atoms with E-state index >= 15 is 0 Å². The van der Waals surface area contributed by atoms with E-state index in [2.05, 4.69) is 0 Å². The zero-order valence-corrected chi connectivity index (χ0v) is 9.61. The molecule has 1 aliphatic heterocycles. The Balaban J connectivity index is 2.22. The van der Waals surface area contributed by atoms with Crippen LogP contribution in [0.25, 0.3) is 0 Å². The molecule has 0 aliphatic carbocycles. The summed E-state index contributed by atoms with van der Waals surface area (Å²) in [5, 5.41) is 0. The first-order valence-corrected chi connectivity index (χ1v) is 5.52. The van der Waals surface area contributed by atoms with Crippen molar-refractivity contribution in [1.82, 2.24) is 0 Å². The van der Waals surface area contributed by atoms with E-state index in [9.17, 15) is 0 Å². The smallest absolute Gasteiger partial charge is 0.226 e. The second kappa shape index (κ2) is 3.80. The number of rotatable bonds is 0. The quantitative estimate of drug-likeness (QED) is 0.638. The van der Waals surface area contributed by atoms with E-state index in [1.165, 1.54) is 5.56 Å². The minimum Gasteiger partial charge on any atom is -0.486 e. The predicted octanol–water partition coefficient (Wildman–Crippen LogP) is 3.75. The molecule has 1 aliphatic rings. The van der Waals surface area contributed by atoms with Crippen molar-refractivity contribution in [2.75, 3.05) is 0 Å². The zero-order chi connectivity index (χ0) is 10.2. The van der Waals surface area contributed by atoms with Crippen LogP contribution in [0, 0.1) is 0 Å². The van der Waals surface area contributed by atoms with Crippen molar-refractivity contribution in [2.24, 2.45) is 0 Å². The molecule has 1 aromatic rings. The van der Waals surface area contributed by atoms with Gasteiger partial charge in [0, 0.05) is 0 Å². The van der Waals surface area contributed by atoms with Crippen LogP contribution in [0.2, 0.25) is 0 Å².